The minimum absolute atomic E-state index is 0.0395. The highest BCUT2D eigenvalue weighted by Gasteiger charge is 2.37. The Morgan fingerprint density at radius 2 is 2.13 bits per heavy atom. The third kappa shape index (κ3) is 3.85. The molecule has 2 aliphatic heterocycles. The van der Waals surface area contributed by atoms with Gasteiger partial charge in [-0.05, 0) is 18.6 Å². The fraction of sp³-hybridized carbons (Fsp3) is 0.400. The van der Waals surface area contributed by atoms with E-state index in [9.17, 15) is 9.59 Å². The molecule has 1 aromatic carbocycles. The number of carbonyl (C=O) groups is 2. The Morgan fingerprint density at radius 3 is 2.96 bits per heavy atom. The molecule has 0 saturated carbocycles. The minimum Gasteiger partial charge on any atom is -0.352 e. The number of rotatable bonds is 5. The number of amides is 2. The van der Waals surface area contributed by atoms with Gasteiger partial charge < -0.3 is 10.6 Å². The van der Waals surface area contributed by atoms with Crippen LogP contribution in [0.2, 0.25) is 0 Å². The van der Waals surface area contributed by atoms with Crippen molar-refractivity contribution in [3.8, 4) is 0 Å². The summed E-state index contributed by atoms with van der Waals surface area (Å²) in [7, 11) is 0. The lowest BCUT2D eigenvalue weighted by atomic mass is 10.1. The Labute approximate surface area is 134 Å². The normalized spacial score (nSPS) is 24.7. The summed E-state index contributed by atoms with van der Waals surface area (Å²) in [5.41, 5.74) is 6.58. The van der Waals surface area contributed by atoms with Crippen LogP contribution in [0.3, 0.4) is 0 Å². The summed E-state index contributed by atoms with van der Waals surface area (Å²) >= 11 is 0. The van der Waals surface area contributed by atoms with E-state index < -0.39 is 0 Å². The van der Waals surface area contributed by atoms with Gasteiger partial charge in [-0.2, -0.15) is 0 Å². The first-order valence-corrected chi connectivity index (χ1v) is 7.67. The molecule has 2 unspecified atom stereocenters. The van der Waals surface area contributed by atoms with Crippen LogP contribution in [-0.4, -0.2) is 43.6 Å². The van der Waals surface area contributed by atoms with Crippen molar-refractivity contribution >= 4 is 17.8 Å². The van der Waals surface area contributed by atoms with E-state index in [1.165, 1.54) is 0 Å². The molecule has 8 nitrogen and oxygen atoms in total. The number of hydrogen-bond acceptors (Lipinski definition) is 5. The van der Waals surface area contributed by atoms with Gasteiger partial charge in [0.15, 0.2) is 5.96 Å². The monoisotopic (exact) mass is 316 g/mol. The van der Waals surface area contributed by atoms with Crippen LogP contribution in [0.1, 0.15) is 16.8 Å². The summed E-state index contributed by atoms with van der Waals surface area (Å²) < 4.78 is 0. The molecule has 0 aromatic heterocycles. The molecular formula is C15H20N6O2. The Hall–Kier alpha value is -2.45. The third-order valence-electron chi connectivity index (χ3n) is 3.78. The predicted octanol–water partition coefficient (Wildman–Crippen LogP) is -1.07. The van der Waals surface area contributed by atoms with Crippen LogP contribution in [-0.2, 0) is 4.79 Å². The third-order valence-corrected chi connectivity index (χ3v) is 3.78. The number of nitrogens with one attached hydrogen (secondary N) is 5. The van der Waals surface area contributed by atoms with E-state index in [0.717, 1.165) is 0 Å². The molecule has 0 aliphatic carbocycles. The van der Waals surface area contributed by atoms with Crippen LogP contribution in [0, 0.1) is 5.92 Å². The Kier molecular flexibility index (Phi) is 4.84. The first kappa shape index (κ1) is 15.4. The van der Waals surface area contributed by atoms with Crippen molar-refractivity contribution < 1.29 is 9.59 Å². The molecule has 1 aromatic rings. The van der Waals surface area contributed by atoms with E-state index >= 15 is 0 Å². The van der Waals surface area contributed by atoms with Gasteiger partial charge in [-0.25, -0.2) is 5.43 Å². The summed E-state index contributed by atoms with van der Waals surface area (Å²) in [6.45, 7) is 1.65. The smallest absolute Gasteiger partial charge is 0.251 e. The number of aliphatic imine (C=N–C) groups is 1. The van der Waals surface area contributed by atoms with Crippen LogP contribution in [0.15, 0.2) is 35.3 Å². The molecule has 5 N–H and O–H groups in total. The van der Waals surface area contributed by atoms with Crippen LogP contribution < -0.4 is 26.8 Å². The van der Waals surface area contributed by atoms with Crippen molar-refractivity contribution in [3.63, 3.8) is 0 Å². The molecule has 0 spiro atoms. The van der Waals surface area contributed by atoms with E-state index in [2.05, 4.69) is 31.8 Å². The van der Waals surface area contributed by atoms with E-state index in [1.54, 1.807) is 12.1 Å². The highest BCUT2D eigenvalue weighted by atomic mass is 16.2. The number of hydrogen-bond donors (Lipinski definition) is 5. The van der Waals surface area contributed by atoms with Crippen LogP contribution >= 0.6 is 0 Å². The summed E-state index contributed by atoms with van der Waals surface area (Å²) in [6.07, 6.45) is 0.569. The van der Waals surface area contributed by atoms with Gasteiger partial charge in [0, 0.05) is 25.2 Å². The second kappa shape index (κ2) is 7.21. The lowest BCUT2D eigenvalue weighted by molar-refractivity contribution is -0.124. The van der Waals surface area contributed by atoms with Gasteiger partial charge in [-0.15, -0.1) is 0 Å². The highest BCUT2D eigenvalue weighted by molar-refractivity contribution is 6.01. The summed E-state index contributed by atoms with van der Waals surface area (Å²) in [5.74, 6) is 0.217. The molecule has 2 saturated heterocycles. The van der Waals surface area contributed by atoms with Crippen molar-refractivity contribution in [2.24, 2.45) is 10.9 Å². The van der Waals surface area contributed by atoms with Gasteiger partial charge >= 0.3 is 0 Å². The fourth-order valence-corrected chi connectivity index (χ4v) is 2.52. The van der Waals surface area contributed by atoms with Crippen molar-refractivity contribution in [2.45, 2.75) is 12.6 Å². The maximum atomic E-state index is 11.9. The molecule has 2 amide bonds. The first-order chi connectivity index (χ1) is 11.2. The second-order valence-corrected chi connectivity index (χ2v) is 5.45. The van der Waals surface area contributed by atoms with E-state index in [1.807, 2.05) is 18.2 Å². The zero-order valence-electron chi connectivity index (χ0n) is 12.6. The molecule has 2 atom stereocenters. The van der Waals surface area contributed by atoms with Crippen LogP contribution in [0.5, 0.6) is 0 Å². The minimum atomic E-state index is -0.126. The molecular weight excluding hydrogens is 296 g/mol. The number of benzene rings is 1. The van der Waals surface area contributed by atoms with Gasteiger partial charge in [0.1, 0.15) is 6.17 Å². The topological polar surface area (TPSA) is 107 Å². The highest BCUT2D eigenvalue weighted by Crippen LogP contribution is 2.08. The number of nitrogens with zero attached hydrogens (tertiary/aromatic N) is 1. The van der Waals surface area contributed by atoms with E-state index in [4.69, 9.17) is 0 Å². The first-order valence-electron chi connectivity index (χ1n) is 7.67. The Bertz CT molecular complexity index is 603. The van der Waals surface area contributed by atoms with Gasteiger partial charge in [0.25, 0.3) is 5.91 Å². The maximum absolute atomic E-state index is 11.9. The zero-order valence-corrected chi connectivity index (χ0v) is 12.6. The number of hydrazine groups is 1. The van der Waals surface area contributed by atoms with Gasteiger partial charge in [0.05, 0.1) is 5.92 Å². The summed E-state index contributed by atoms with van der Waals surface area (Å²) in [4.78, 5) is 28.0. The number of guanidine groups is 1. The van der Waals surface area contributed by atoms with Crippen LogP contribution in [0.25, 0.3) is 0 Å². The molecule has 0 radical (unpaired) electrons. The molecule has 23 heavy (non-hydrogen) atoms. The lowest BCUT2D eigenvalue weighted by Crippen LogP contribution is -2.61. The van der Waals surface area contributed by atoms with Crippen molar-refractivity contribution in [1.29, 1.82) is 0 Å². The quantitative estimate of drug-likeness (QED) is 0.445. The number of carbonyl (C=O) groups excluding carboxylic acids is 2. The molecule has 0 bridgehead atoms. The average molecular weight is 316 g/mol. The molecule has 2 aliphatic rings. The maximum Gasteiger partial charge on any atom is 0.251 e. The average Bonchev–Trinajstić information content (AvgIpc) is 3.04. The Balaban J connectivity index is 1.39. The summed E-state index contributed by atoms with van der Waals surface area (Å²) in [5, 5.41) is 8.72. The van der Waals surface area contributed by atoms with Crippen molar-refractivity contribution in [2.75, 3.05) is 19.6 Å². The zero-order chi connectivity index (χ0) is 16.1. The second-order valence-electron chi connectivity index (χ2n) is 5.45. The predicted molar refractivity (Wildman–Crippen MR) is 85.4 cm³/mol. The Morgan fingerprint density at radius 1 is 1.30 bits per heavy atom. The number of fused-ring (bicyclic) bond motifs is 1. The van der Waals surface area contributed by atoms with Crippen LogP contribution in [0.4, 0.5) is 0 Å². The van der Waals surface area contributed by atoms with E-state index in [-0.39, 0.29) is 23.9 Å². The molecule has 8 heteroatoms. The molecule has 2 heterocycles. The van der Waals surface area contributed by atoms with E-state index in [0.29, 0.717) is 37.6 Å². The SMILES string of the molecule is O=C(NCCCN=C1NC(=O)C2CNNC2N1)c1ccccc1. The standard InChI is InChI=1S/C15H20N6O2/c22-13(10-5-2-1-3-6-10)16-7-4-8-17-15-19-12-11(9-18-21-12)14(23)20-15/h1-3,5-6,11-12,18,21H,4,7-9H2,(H,16,22)(H2,17,19,20,23). The molecule has 3 rings (SSSR count). The van der Waals surface area contributed by atoms with Crippen molar-refractivity contribution in [1.82, 2.24) is 26.8 Å². The van der Waals surface area contributed by atoms with Gasteiger partial charge in [0.2, 0.25) is 5.91 Å². The van der Waals surface area contributed by atoms with Gasteiger partial charge in [-0.3, -0.25) is 25.3 Å². The van der Waals surface area contributed by atoms with Crippen molar-refractivity contribution in [3.05, 3.63) is 35.9 Å². The largest absolute Gasteiger partial charge is 0.352 e. The molecule has 122 valence electrons. The fourth-order valence-electron chi connectivity index (χ4n) is 2.52. The lowest BCUT2D eigenvalue weighted by Gasteiger charge is -2.27. The summed E-state index contributed by atoms with van der Waals surface area (Å²) in [6, 6.07) is 9.08. The molecule has 2 fully saturated rings. The van der Waals surface area contributed by atoms with Gasteiger partial charge in [-0.1, -0.05) is 18.2 Å².